The molecule has 1 aromatic carbocycles. The van der Waals surface area contributed by atoms with E-state index in [9.17, 15) is 4.79 Å². The number of nitrogens with one attached hydrogen (secondary N) is 3. The molecule has 0 radical (unpaired) electrons. The van der Waals surface area contributed by atoms with Gasteiger partial charge in [0, 0.05) is 56.8 Å². The van der Waals surface area contributed by atoms with Crippen molar-refractivity contribution in [3.63, 3.8) is 0 Å². The fraction of sp³-hybridized carbons (Fsp3) is 0.385. The molecule has 2 aliphatic rings. The molecule has 0 bridgehead atoms. The fourth-order valence-corrected chi connectivity index (χ4v) is 6.05. The summed E-state index contributed by atoms with van der Waals surface area (Å²) in [5.41, 5.74) is 3.65. The number of aromatic amines is 1. The zero-order valence-electron chi connectivity index (χ0n) is 20.3. The molecule has 4 aromatic rings. The van der Waals surface area contributed by atoms with E-state index in [1.807, 2.05) is 36.7 Å². The van der Waals surface area contributed by atoms with Crippen LogP contribution in [0.3, 0.4) is 0 Å². The number of nitrogens with zero attached hydrogens (tertiary/aromatic N) is 5. The third-order valence-electron chi connectivity index (χ3n) is 6.96. The molecule has 0 saturated carbocycles. The van der Waals surface area contributed by atoms with E-state index in [-0.39, 0.29) is 11.6 Å². The highest BCUT2D eigenvalue weighted by molar-refractivity contribution is 7.21. The lowest BCUT2D eigenvalue weighted by Gasteiger charge is -2.37. The fourth-order valence-electron chi connectivity index (χ4n) is 5.04. The van der Waals surface area contributed by atoms with Gasteiger partial charge in [0.05, 0.1) is 10.2 Å². The van der Waals surface area contributed by atoms with Crippen molar-refractivity contribution in [3.05, 3.63) is 58.6 Å². The maximum absolute atomic E-state index is 13.5. The van der Waals surface area contributed by atoms with Gasteiger partial charge in [0.25, 0.3) is 5.56 Å². The van der Waals surface area contributed by atoms with Crippen molar-refractivity contribution in [2.45, 2.75) is 25.8 Å². The van der Waals surface area contributed by atoms with E-state index in [0.717, 1.165) is 62.3 Å². The van der Waals surface area contributed by atoms with Crippen molar-refractivity contribution in [3.8, 4) is 10.6 Å². The lowest BCUT2D eigenvalue weighted by atomic mass is 10.1. The van der Waals surface area contributed by atoms with Gasteiger partial charge in [0.2, 0.25) is 5.95 Å². The Kier molecular flexibility index (Phi) is 6.28. The number of thiazole rings is 1. The van der Waals surface area contributed by atoms with Crippen LogP contribution in [0.4, 0.5) is 17.5 Å². The van der Waals surface area contributed by atoms with Crippen LogP contribution < -0.4 is 26.0 Å². The van der Waals surface area contributed by atoms with Crippen molar-refractivity contribution in [1.29, 1.82) is 0 Å². The predicted octanol–water partition coefficient (Wildman–Crippen LogP) is 3.24. The van der Waals surface area contributed by atoms with E-state index in [1.165, 1.54) is 22.6 Å². The van der Waals surface area contributed by atoms with E-state index < -0.39 is 0 Å². The number of hydrogen-bond donors (Lipinski definition) is 3. The zero-order valence-corrected chi connectivity index (χ0v) is 21.1. The average molecular weight is 503 g/mol. The van der Waals surface area contributed by atoms with E-state index in [2.05, 4.69) is 43.4 Å². The van der Waals surface area contributed by atoms with E-state index in [4.69, 9.17) is 9.97 Å². The summed E-state index contributed by atoms with van der Waals surface area (Å²) in [6.07, 6.45) is 5.88. The summed E-state index contributed by atoms with van der Waals surface area (Å²) in [4.78, 5) is 35.1. The molecule has 5 heterocycles. The second-order valence-corrected chi connectivity index (χ2v) is 10.5. The predicted molar refractivity (Wildman–Crippen MR) is 146 cm³/mol. The van der Waals surface area contributed by atoms with Crippen molar-refractivity contribution < 1.29 is 0 Å². The highest BCUT2D eigenvalue weighted by Crippen LogP contribution is 2.33. The van der Waals surface area contributed by atoms with Crippen LogP contribution in [0, 0.1) is 6.92 Å². The summed E-state index contributed by atoms with van der Waals surface area (Å²) >= 11 is 1.53. The lowest BCUT2D eigenvalue weighted by molar-refractivity contribution is 0.479. The molecule has 6 rings (SSSR count). The van der Waals surface area contributed by atoms with Gasteiger partial charge in [-0.05, 0) is 50.1 Å². The molecule has 0 spiro atoms. The molecule has 2 aliphatic heterocycles. The van der Waals surface area contributed by atoms with Crippen LogP contribution in [0.2, 0.25) is 0 Å². The number of pyridine rings is 1. The molecule has 1 atom stereocenters. The number of rotatable bonds is 5. The Bertz CT molecular complexity index is 1390. The normalized spacial score (nSPS) is 18.5. The number of piperidine rings is 1. The van der Waals surface area contributed by atoms with E-state index >= 15 is 0 Å². The smallest absolute Gasteiger partial charge is 0.264 e. The third kappa shape index (κ3) is 4.54. The molecule has 9 nitrogen and oxygen atoms in total. The number of aryl methyl sites for hydroxylation is 1. The molecule has 2 fully saturated rings. The molecule has 2 saturated heterocycles. The van der Waals surface area contributed by atoms with Gasteiger partial charge < -0.3 is 20.4 Å². The van der Waals surface area contributed by atoms with Gasteiger partial charge in [-0.25, -0.2) is 4.98 Å². The van der Waals surface area contributed by atoms with Gasteiger partial charge in [0.15, 0.2) is 0 Å². The Morgan fingerprint density at radius 1 is 1.08 bits per heavy atom. The first-order chi connectivity index (χ1) is 17.7. The minimum Gasteiger partial charge on any atom is -0.368 e. The number of H-pyrrole nitrogens is 1. The van der Waals surface area contributed by atoms with Crippen LogP contribution in [0.15, 0.2) is 47.5 Å². The van der Waals surface area contributed by atoms with Crippen molar-refractivity contribution >= 4 is 39.0 Å². The second-order valence-electron chi connectivity index (χ2n) is 9.42. The number of para-hydroxylation sites is 1. The lowest BCUT2D eigenvalue weighted by Crippen LogP contribution is -2.48. The standard InChI is InChI=1S/C26H30N8OS/c1-17-15-28-10-8-20(17)33-11-13-34(14-12-33)26-31-23(29-18-5-4-9-27-16-18)22(24(35)32-26)25-30-19-6-2-3-7-21(19)36-25/h2-3,6-8,10,15,18,27H,4-5,9,11-14,16H2,1H3,(H2,29,31,32,35). The molecule has 0 amide bonds. The highest BCUT2D eigenvalue weighted by atomic mass is 32.1. The van der Waals surface area contributed by atoms with Gasteiger partial charge >= 0.3 is 0 Å². The molecule has 0 aliphatic carbocycles. The van der Waals surface area contributed by atoms with Crippen LogP contribution in [-0.4, -0.2) is 65.2 Å². The maximum atomic E-state index is 13.5. The molecular formula is C26H30N8OS. The largest absolute Gasteiger partial charge is 0.368 e. The second kappa shape index (κ2) is 9.87. The Morgan fingerprint density at radius 3 is 2.69 bits per heavy atom. The minimum atomic E-state index is -0.155. The molecular weight excluding hydrogens is 472 g/mol. The van der Waals surface area contributed by atoms with Crippen LogP contribution in [0.25, 0.3) is 20.8 Å². The summed E-state index contributed by atoms with van der Waals surface area (Å²) in [7, 11) is 0. The molecule has 10 heteroatoms. The SMILES string of the molecule is Cc1cnccc1N1CCN(c2nc(NC3CCCNC3)c(-c3nc4ccccc4s3)c(=O)[nH]2)CC1. The van der Waals surface area contributed by atoms with Crippen molar-refractivity contribution in [2.75, 3.05) is 54.4 Å². The van der Waals surface area contributed by atoms with Crippen molar-refractivity contribution in [2.24, 2.45) is 0 Å². The van der Waals surface area contributed by atoms with Gasteiger partial charge in [-0.15, -0.1) is 11.3 Å². The average Bonchev–Trinajstić information content (AvgIpc) is 3.33. The first-order valence-electron chi connectivity index (χ1n) is 12.5. The quantitative estimate of drug-likeness (QED) is 0.382. The Labute approximate surface area is 213 Å². The maximum Gasteiger partial charge on any atom is 0.264 e. The number of fused-ring (bicyclic) bond motifs is 1. The summed E-state index contributed by atoms with van der Waals surface area (Å²) in [6, 6.07) is 10.3. The number of anilines is 3. The number of hydrogen-bond acceptors (Lipinski definition) is 9. The van der Waals surface area contributed by atoms with Crippen LogP contribution in [0.5, 0.6) is 0 Å². The molecule has 36 heavy (non-hydrogen) atoms. The molecule has 3 aromatic heterocycles. The number of piperazine rings is 1. The van der Waals surface area contributed by atoms with Crippen LogP contribution in [0.1, 0.15) is 18.4 Å². The van der Waals surface area contributed by atoms with E-state index in [1.54, 1.807) is 0 Å². The summed E-state index contributed by atoms with van der Waals surface area (Å²) in [6.45, 7) is 7.22. The minimum absolute atomic E-state index is 0.155. The van der Waals surface area contributed by atoms with Crippen molar-refractivity contribution in [1.82, 2.24) is 25.3 Å². The van der Waals surface area contributed by atoms with Crippen LogP contribution in [-0.2, 0) is 0 Å². The van der Waals surface area contributed by atoms with Gasteiger partial charge in [-0.3, -0.25) is 14.8 Å². The van der Waals surface area contributed by atoms with E-state index in [0.29, 0.717) is 22.3 Å². The van der Waals surface area contributed by atoms with Gasteiger partial charge in [-0.2, -0.15) is 4.98 Å². The Morgan fingerprint density at radius 2 is 1.92 bits per heavy atom. The number of benzene rings is 1. The molecule has 3 N–H and O–H groups in total. The first kappa shape index (κ1) is 22.9. The summed E-state index contributed by atoms with van der Waals surface area (Å²) in [5.74, 6) is 1.23. The third-order valence-corrected chi connectivity index (χ3v) is 8.02. The zero-order chi connectivity index (χ0) is 24.5. The summed E-state index contributed by atoms with van der Waals surface area (Å²) in [5, 5.41) is 7.72. The van der Waals surface area contributed by atoms with Gasteiger partial charge in [0.1, 0.15) is 16.4 Å². The highest BCUT2D eigenvalue weighted by Gasteiger charge is 2.25. The Balaban J connectivity index is 1.31. The number of aromatic nitrogens is 4. The first-order valence-corrected chi connectivity index (χ1v) is 13.4. The topological polar surface area (TPSA) is 102 Å². The Hall–Kier alpha value is -3.50. The molecule has 186 valence electrons. The monoisotopic (exact) mass is 502 g/mol. The van der Waals surface area contributed by atoms with Crippen LogP contribution >= 0.6 is 11.3 Å². The molecule has 1 unspecified atom stereocenters. The summed E-state index contributed by atoms with van der Waals surface area (Å²) < 4.78 is 1.06. The van der Waals surface area contributed by atoms with Gasteiger partial charge in [-0.1, -0.05) is 12.1 Å².